The molecule has 0 radical (unpaired) electrons. The highest BCUT2D eigenvalue weighted by Crippen LogP contribution is 2.27. The van der Waals surface area contributed by atoms with Crippen LogP contribution in [0.1, 0.15) is 53.1 Å². The van der Waals surface area contributed by atoms with Crippen LogP contribution in [0.3, 0.4) is 0 Å². The van der Waals surface area contributed by atoms with Crippen LogP contribution in [0.4, 0.5) is 4.39 Å². The molecule has 0 saturated carbocycles. The number of halogens is 1. The summed E-state index contributed by atoms with van der Waals surface area (Å²) in [5.74, 6) is 0.639. The second-order valence-corrected chi connectivity index (χ2v) is 10.7. The molecule has 0 aliphatic rings. The van der Waals surface area contributed by atoms with Gasteiger partial charge in [-0.2, -0.15) is 0 Å². The Morgan fingerprint density at radius 1 is 0.974 bits per heavy atom. The molecule has 1 aromatic heterocycles. The molecule has 1 heterocycles. The van der Waals surface area contributed by atoms with Crippen LogP contribution >= 0.6 is 11.8 Å². The first-order valence-corrected chi connectivity index (χ1v) is 14.2. The fourth-order valence-electron chi connectivity index (χ4n) is 4.61. The summed E-state index contributed by atoms with van der Waals surface area (Å²) in [6.07, 6.45) is 2.34. The van der Waals surface area contributed by atoms with Crippen LogP contribution in [0, 0.1) is 12.7 Å². The van der Waals surface area contributed by atoms with Gasteiger partial charge in [-0.1, -0.05) is 84.6 Å². The lowest BCUT2D eigenvalue weighted by Crippen LogP contribution is -2.26. The van der Waals surface area contributed by atoms with Crippen molar-refractivity contribution in [1.82, 2.24) is 14.9 Å². The number of thioether (sulfide) groups is 1. The zero-order chi connectivity index (χ0) is 27.6. The summed E-state index contributed by atoms with van der Waals surface area (Å²) in [6.45, 7) is 2.43. The van der Waals surface area contributed by atoms with Gasteiger partial charge in [-0.05, 0) is 48.6 Å². The zero-order valence-corrected chi connectivity index (χ0v) is 23.2. The summed E-state index contributed by atoms with van der Waals surface area (Å²) >= 11 is 1.48. The van der Waals surface area contributed by atoms with Crippen molar-refractivity contribution in [3.63, 3.8) is 0 Å². The Labute approximate surface area is 233 Å². The Hall–Kier alpha value is -3.71. The molecule has 0 atom stereocenters. The van der Waals surface area contributed by atoms with Crippen molar-refractivity contribution in [2.75, 3.05) is 12.3 Å². The number of nitrogens with one attached hydrogen (secondary N) is 1. The average molecular weight is 544 g/mol. The third kappa shape index (κ3) is 7.90. The van der Waals surface area contributed by atoms with Crippen LogP contribution in [0.25, 0.3) is 0 Å². The number of carbonyl (C=O) groups is 1. The molecule has 0 saturated heterocycles. The summed E-state index contributed by atoms with van der Waals surface area (Å²) in [4.78, 5) is 30.1. The molecule has 7 heteroatoms. The Morgan fingerprint density at radius 2 is 1.59 bits per heavy atom. The molecule has 0 aliphatic carbocycles. The smallest absolute Gasteiger partial charge is 0.257 e. The van der Waals surface area contributed by atoms with Crippen molar-refractivity contribution in [2.45, 2.75) is 43.7 Å². The van der Waals surface area contributed by atoms with E-state index in [2.05, 4.69) is 34.6 Å². The minimum atomic E-state index is -0.300. The van der Waals surface area contributed by atoms with Crippen molar-refractivity contribution < 1.29 is 9.18 Å². The topological polar surface area (TPSA) is 64.0 Å². The van der Waals surface area contributed by atoms with Crippen molar-refractivity contribution >= 4 is 17.7 Å². The molecular formula is C32H34FN3O2S. The van der Waals surface area contributed by atoms with Crippen LogP contribution in [-0.4, -0.2) is 27.8 Å². The molecule has 1 N–H and O–H groups in total. The number of aromatic nitrogens is 2. The van der Waals surface area contributed by atoms with Crippen LogP contribution in [0.2, 0.25) is 0 Å². The fraction of sp³-hybridized carbons (Fsp3) is 0.281. The SMILES string of the molecule is Cc1nc(SCCCC(=O)NCCC(c2ccccc2)c2ccccc2)n(C)c(=O)c1Cc1ccc(F)cc1. The molecule has 39 heavy (non-hydrogen) atoms. The van der Waals surface area contributed by atoms with Gasteiger partial charge in [0.25, 0.3) is 5.56 Å². The van der Waals surface area contributed by atoms with Crippen LogP contribution < -0.4 is 10.9 Å². The normalized spacial score (nSPS) is 11.1. The Bertz CT molecular complexity index is 1380. The first kappa shape index (κ1) is 28.3. The first-order chi connectivity index (χ1) is 18.9. The number of amides is 1. The van der Waals surface area contributed by atoms with E-state index >= 15 is 0 Å². The molecule has 0 spiro atoms. The van der Waals surface area contributed by atoms with Gasteiger partial charge in [0.15, 0.2) is 5.16 Å². The molecule has 0 unspecified atom stereocenters. The molecule has 5 nitrogen and oxygen atoms in total. The summed E-state index contributed by atoms with van der Waals surface area (Å²) in [5.41, 5.74) is 4.53. The summed E-state index contributed by atoms with van der Waals surface area (Å²) in [6, 6.07) is 26.9. The molecule has 202 valence electrons. The number of hydrogen-bond donors (Lipinski definition) is 1. The number of carbonyl (C=O) groups excluding carboxylic acids is 1. The van der Waals surface area contributed by atoms with E-state index in [0.29, 0.717) is 48.0 Å². The molecule has 4 aromatic rings. The van der Waals surface area contributed by atoms with Crippen molar-refractivity contribution in [3.05, 3.63) is 129 Å². The number of hydrogen-bond acceptors (Lipinski definition) is 4. The summed E-state index contributed by atoms with van der Waals surface area (Å²) in [5, 5.41) is 3.71. The minimum absolute atomic E-state index is 0.0307. The van der Waals surface area contributed by atoms with Gasteiger partial charge < -0.3 is 5.32 Å². The van der Waals surface area contributed by atoms with Gasteiger partial charge in [-0.3, -0.25) is 14.2 Å². The quantitative estimate of drug-likeness (QED) is 0.135. The van der Waals surface area contributed by atoms with E-state index in [0.717, 1.165) is 12.0 Å². The van der Waals surface area contributed by atoms with Crippen molar-refractivity contribution in [2.24, 2.45) is 7.05 Å². The van der Waals surface area contributed by atoms with Gasteiger partial charge in [0.05, 0.1) is 0 Å². The monoisotopic (exact) mass is 543 g/mol. The van der Waals surface area contributed by atoms with Crippen LogP contribution in [0.5, 0.6) is 0 Å². The van der Waals surface area contributed by atoms with Gasteiger partial charge in [0, 0.05) is 49.4 Å². The number of aryl methyl sites for hydroxylation is 1. The molecule has 3 aromatic carbocycles. The zero-order valence-electron chi connectivity index (χ0n) is 22.4. The van der Waals surface area contributed by atoms with Gasteiger partial charge in [0.1, 0.15) is 5.82 Å². The second kappa shape index (κ2) is 13.9. The third-order valence-corrected chi connectivity index (χ3v) is 7.90. The van der Waals surface area contributed by atoms with Gasteiger partial charge >= 0.3 is 0 Å². The first-order valence-electron chi connectivity index (χ1n) is 13.2. The minimum Gasteiger partial charge on any atom is -0.356 e. The average Bonchev–Trinajstić information content (AvgIpc) is 2.96. The van der Waals surface area contributed by atoms with Gasteiger partial charge in [-0.25, -0.2) is 9.37 Å². The highest BCUT2D eigenvalue weighted by atomic mass is 32.2. The lowest BCUT2D eigenvalue weighted by atomic mass is 9.88. The van der Waals surface area contributed by atoms with E-state index in [1.165, 1.54) is 35.0 Å². The van der Waals surface area contributed by atoms with Crippen LogP contribution in [0.15, 0.2) is 94.9 Å². The molecule has 0 fully saturated rings. The van der Waals surface area contributed by atoms with Gasteiger partial charge in [-0.15, -0.1) is 0 Å². The third-order valence-electron chi connectivity index (χ3n) is 6.78. The maximum absolute atomic E-state index is 13.2. The fourth-order valence-corrected chi connectivity index (χ4v) is 5.56. The predicted octanol–water partition coefficient (Wildman–Crippen LogP) is 6.03. The van der Waals surface area contributed by atoms with E-state index in [1.54, 1.807) is 23.7 Å². The molecule has 4 rings (SSSR count). The Balaban J connectivity index is 1.25. The largest absolute Gasteiger partial charge is 0.356 e. The second-order valence-electron chi connectivity index (χ2n) is 9.59. The highest BCUT2D eigenvalue weighted by molar-refractivity contribution is 7.99. The number of nitrogens with zero attached hydrogens (tertiary/aromatic N) is 2. The lowest BCUT2D eigenvalue weighted by molar-refractivity contribution is -0.121. The Morgan fingerprint density at radius 3 is 2.21 bits per heavy atom. The van der Waals surface area contributed by atoms with Crippen molar-refractivity contribution in [1.29, 1.82) is 0 Å². The Kier molecular flexibility index (Phi) is 10.1. The van der Waals surface area contributed by atoms with E-state index in [-0.39, 0.29) is 23.2 Å². The lowest BCUT2D eigenvalue weighted by Gasteiger charge is -2.18. The van der Waals surface area contributed by atoms with E-state index in [1.807, 2.05) is 43.3 Å². The van der Waals surface area contributed by atoms with Gasteiger partial charge in [0.2, 0.25) is 5.91 Å². The standard InChI is InChI=1S/C32H34FN3O2S/c1-23-29(22-24-15-17-27(33)18-16-24)31(38)36(2)32(35-23)39-21-9-14-30(37)34-20-19-28(25-10-5-3-6-11-25)26-12-7-4-8-13-26/h3-8,10-13,15-18,28H,9,14,19-22H2,1-2H3,(H,34,37). The molecule has 0 bridgehead atoms. The maximum atomic E-state index is 13.2. The number of benzene rings is 3. The molecule has 1 amide bonds. The van der Waals surface area contributed by atoms with Crippen LogP contribution in [-0.2, 0) is 18.3 Å². The van der Waals surface area contributed by atoms with E-state index in [9.17, 15) is 14.0 Å². The molecule has 0 aliphatic heterocycles. The molecular weight excluding hydrogens is 509 g/mol. The predicted molar refractivity (Wildman–Crippen MR) is 156 cm³/mol. The maximum Gasteiger partial charge on any atom is 0.257 e. The van der Waals surface area contributed by atoms with Crippen molar-refractivity contribution in [3.8, 4) is 0 Å². The highest BCUT2D eigenvalue weighted by Gasteiger charge is 2.15. The summed E-state index contributed by atoms with van der Waals surface area (Å²) < 4.78 is 14.8. The summed E-state index contributed by atoms with van der Waals surface area (Å²) in [7, 11) is 1.72. The number of rotatable bonds is 12. The van der Waals surface area contributed by atoms with E-state index in [4.69, 9.17) is 0 Å². The van der Waals surface area contributed by atoms with E-state index < -0.39 is 0 Å².